The minimum atomic E-state index is -1.72. The Hall–Kier alpha value is -3.99. The fourth-order valence-corrected chi connectivity index (χ4v) is 4.96. The number of methoxy groups -OCH3 is 1. The maximum atomic E-state index is 14.0. The molecule has 0 aliphatic carbocycles. The van der Waals surface area contributed by atoms with Crippen LogP contribution in [0.2, 0.25) is 0 Å². The number of nitrogens with one attached hydrogen (secondary N) is 1. The fourth-order valence-electron chi connectivity index (χ4n) is 4.96. The van der Waals surface area contributed by atoms with Crippen LogP contribution in [0.3, 0.4) is 0 Å². The van der Waals surface area contributed by atoms with Crippen LogP contribution in [-0.2, 0) is 20.7 Å². The molecule has 0 unspecified atom stereocenters. The van der Waals surface area contributed by atoms with Crippen LogP contribution in [0.15, 0.2) is 42.5 Å². The van der Waals surface area contributed by atoms with Gasteiger partial charge >= 0.3 is 6.03 Å². The van der Waals surface area contributed by atoms with Crippen LogP contribution in [-0.4, -0.2) is 55.7 Å². The lowest BCUT2D eigenvalue weighted by atomic mass is 9.68. The molecule has 3 aliphatic heterocycles. The zero-order valence-electron chi connectivity index (χ0n) is 17.6. The van der Waals surface area contributed by atoms with E-state index in [1.54, 1.807) is 30.3 Å². The molecule has 1 spiro atoms. The largest absolute Gasteiger partial charge is 0.495 e. The van der Waals surface area contributed by atoms with Crippen molar-refractivity contribution in [3.63, 3.8) is 0 Å². The van der Waals surface area contributed by atoms with Crippen molar-refractivity contribution in [3.05, 3.63) is 58.1 Å². The Labute approximate surface area is 188 Å². The molecule has 2 aromatic carbocycles. The number of non-ortho nitro benzene ring substituents is 1. The number of para-hydroxylation sites is 2. The first-order valence-corrected chi connectivity index (χ1v) is 10.3. The number of carbonyl (C=O) groups is 3. The normalized spacial score (nSPS) is 24.3. The number of rotatable bonds is 3. The van der Waals surface area contributed by atoms with Gasteiger partial charge in [-0.1, -0.05) is 12.1 Å². The van der Waals surface area contributed by atoms with Crippen molar-refractivity contribution < 1.29 is 28.8 Å². The van der Waals surface area contributed by atoms with Gasteiger partial charge in [-0.2, -0.15) is 0 Å². The number of amides is 4. The maximum Gasteiger partial charge on any atom is 0.335 e. The van der Waals surface area contributed by atoms with E-state index in [2.05, 4.69) is 5.32 Å². The van der Waals surface area contributed by atoms with Crippen molar-refractivity contribution in [1.82, 2.24) is 5.32 Å². The molecular formula is C22H20N4O7. The Morgan fingerprint density at radius 3 is 2.73 bits per heavy atom. The van der Waals surface area contributed by atoms with E-state index in [1.807, 2.05) is 4.90 Å². The van der Waals surface area contributed by atoms with Gasteiger partial charge in [0.05, 0.1) is 37.0 Å². The molecule has 2 atom stereocenters. The number of imide groups is 2. The Balaban J connectivity index is 1.68. The summed E-state index contributed by atoms with van der Waals surface area (Å²) in [4.78, 5) is 53.9. The lowest BCUT2D eigenvalue weighted by molar-refractivity contribution is -0.384. The average molecular weight is 452 g/mol. The van der Waals surface area contributed by atoms with Crippen LogP contribution in [0.4, 0.5) is 21.9 Å². The summed E-state index contributed by atoms with van der Waals surface area (Å²) in [5.74, 6) is -1.19. The lowest BCUT2D eigenvalue weighted by Gasteiger charge is -2.53. The van der Waals surface area contributed by atoms with E-state index in [1.165, 1.54) is 19.2 Å². The summed E-state index contributed by atoms with van der Waals surface area (Å²) in [5, 5.41) is 13.7. The number of nitro benzene ring substituents is 1. The van der Waals surface area contributed by atoms with Gasteiger partial charge in [0.1, 0.15) is 5.75 Å². The molecule has 0 saturated carbocycles. The van der Waals surface area contributed by atoms with Crippen molar-refractivity contribution in [1.29, 1.82) is 0 Å². The van der Waals surface area contributed by atoms with Gasteiger partial charge in [0.25, 0.3) is 11.6 Å². The molecule has 170 valence electrons. The summed E-state index contributed by atoms with van der Waals surface area (Å²) in [6.45, 7) is 0.845. The first kappa shape index (κ1) is 20.9. The number of nitro groups is 1. The van der Waals surface area contributed by atoms with E-state index in [4.69, 9.17) is 9.47 Å². The predicted molar refractivity (Wildman–Crippen MR) is 115 cm³/mol. The number of carbonyl (C=O) groups excluding carboxylic acids is 3. The number of nitrogens with zero attached hydrogens (tertiary/aromatic N) is 3. The fraction of sp³-hybridized carbons (Fsp3) is 0.318. The number of fused-ring (bicyclic) bond motifs is 4. The van der Waals surface area contributed by atoms with E-state index in [0.717, 1.165) is 4.90 Å². The number of ether oxygens (including phenoxy) is 2. The number of hydrogen-bond donors (Lipinski definition) is 1. The molecule has 11 nitrogen and oxygen atoms in total. The molecule has 0 bridgehead atoms. The predicted octanol–water partition coefficient (Wildman–Crippen LogP) is 1.63. The molecule has 5 rings (SSSR count). The van der Waals surface area contributed by atoms with Crippen LogP contribution in [0.25, 0.3) is 0 Å². The minimum absolute atomic E-state index is 0.0868. The maximum absolute atomic E-state index is 14.0. The molecule has 2 aromatic rings. The number of urea groups is 1. The molecule has 2 fully saturated rings. The highest BCUT2D eigenvalue weighted by Gasteiger charge is 2.63. The topological polar surface area (TPSA) is 131 Å². The van der Waals surface area contributed by atoms with Gasteiger partial charge in [-0.25, -0.2) is 9.69 Å². The summed E-state index contributed by atoms with van der Waals surface area (Å²) in [6.07, 6.45) is -0.113. The molecule has 33 heavy (non-hydrogen) atoms. The third kappa shape index (κ3) is 2.96. The Kier molecular flexibility index (Phi) is 4.78. The first-order valence-electron chi connectivity index (χ1n) is 10.3. The van der Waals surface area contributed by atoms with Crippen molar-refractivity contribution >= 4 is 34.9 Å². The van der Waals surface area contributed by atoms with Crippen LogP contribution in [0, 0.1) is 15.5 Å². The summed E-state index contributed by atoms with van der Waals surface area (Å²) < 4.78 is 11.0. The van der Waals surface area contributed by atoms with E-state index in [-0.39, 0.29) is 30.2 Å². The van der Waals surface area contributed by atoms with Gasteiger partial charge in [-0.05, 0) is 23.8 Å². The quantitative estimate of drug-likeness (QED) is 0.422. The Morgan fingerprint density at radius 1 is 1.18 bits per heavy atom. The highest BCUT2D eigenvalue weighted by molar-refractivity contribution is 6.31. The van der Waals surface area contributed by atoms with E-state index in [9.17, 15) is 24.5 Å². The molecule has 1 N–H and O–H groups in total. The van der Waals surface area contributed by atoms with Crippen LogP contribution >= 0.6 is 0 Å². The van der Waals surface area contributed by atoms with E-state index >= 15 is 0 Å². The second kappa shape index (κ2) is 7.55. The molecular weight excluding hydrogens is 432 g/mol. The van der Waals surface area contributed by atoms with E-state index < -0.39 is 34.2 Å². The number of morpholine rings is 1. The van der Waals surface area contributed by atoms with Gasteiger partial charge in [0, 0.05) is 30.8 Å². The van der Waals surface area contributed by atoms with Gasteiger partial charge in [-0.3, -0.25) is 25.0 Å². The summed E-state index contributed by atoms with van der Waals surface area (Å²) in [6, 6.07) is 9.34. The van der Waals surface area contributed by atoms with Gasteiger partial charge in [0.15, 0.2) is 5.41 Å². The van der Waals surface area contributed by atoms with Gasteiger partial charge < -0.3 is 14.4 Å². The van der Waals surface area contributed by atoms with E-state index in [0.29, 0.717) is 24.4 Å². The standard InChI is InChI=1S/C22H20N4O7/c1-32-17-5-3-2-4-16(17)25-20(28)22(19(27)23-21(25)29)11-13-10-14(26(30)31)6-7-15(13)24-8-9-33-12-18(22)24/h2-7,10,18H,8-9,11-12H2,1H3,(H,23,27,29)/t18-,22-/m0/s1. The third-order valence-electron chi connectivity index (χ3n) is 6.49. The molecule has 3 aliphatic rings. The minimum Gasteiger partial charge on any atom is -0.495 e. The Morgan fingerprint density at radius 2 is 1.97 bits per heavy atom. The number of barbiturate groups is 1. The summed E-state index contributed by atoms with van der Waals surface area (Å²) in [7, 11) is 1.42. The van der Waals surface area contributed by atoms with Crippen LogP contribution < -0.4 is 19.9 Å². The first-order chi connectivity index (χ1) is 15.9. The zero-order chi connectivity index (χ0) is 23.3. The number of anilines is 2. The van der Waals surface area contributed by atoms with Crippen molar-refractivity contribution in [2.24, 2.45) is 5.41 Å². The second-order valence-electron chi connectivity index (χ2n) is 8.07. The summed E-state index contributed by atoms with van der Waals surface area (Å²) in [5.41, 5.74) is -0.474. The molecule has 3 heterocycles. The van der Waals surface area contributed by atoms with Crippen LogP contribution in [0.1, 0.15) is 5.56 Å². The Bertz CT molecular complexity index is 1200. The molecule has 0 aromatic heterocycles. The summed E-state index contributed by atoms with van der Waals surface area (Å²) >= 11 is 0. The lowest BCUT2D eigenvalue weighted by Crippen LogP contribution is -2.74. The molecule has 4 amide bonds. The molecule has 0 radical (unpaired) electrons. The molecule has 11 heteroatoms. The van der Waals surface area contributed by atoms with Gasteiger partial charge in [-0.15, -0.1) is 0 Å². The monoisotopic (exact) mass is 452 g/mol. The van der Waals surface area contributed by atoms with Crippen molar-refractivity contribution in [2.45, 2.75) is 12.5 Å². The van der Waals surface area contributed by atoms with Crippen molar-refractivity contribution in [2.75, 3.05) is 36.7 Å². The number of benzene rings is 2. The highest BCUT2D eigenvalue weighted by Crippen LogP contribution is 2.47. The highest BCUT2D eigenvalue weighted by atomic mass is 16.6. The zero-order valence-corrected chi connectivity index (χ0v) is 17.6. The molecule has 2 saturated heterocycles. The SMILES string of the molecule is COc1ccccc1N1C(=O)NC(=O)[C@@]2(Cc3cc([N+](=O)[O-])ccc3N3CCOC[C@H]32)C1=O. The van der Waals surface area contributed by atoms with Crippen molar-refractivity contribution in [3.8, 4) is 5.75 Å². The smallest absolute Gasteiger partial charge is 0.335 e. The second-order valence-corrected chi connectivity index (χ2v) is 8.07. The third-order valence-corrected chi connectivity index (χ3v) is 6.49. The number of hydrogen-bond acceptors (Lipinski definition) is 8. The average Bonchev–Trinajstić information content (AvgIpc) is 2.82. The van der Waals surface area contributed by atoms with Gasteiger partial charge in [0.2, 0.25) is 5.91 Å². The van der Waals surface area contributed by atoms with Crippen LogP contribution in [0.5, 0.6) is 5.75 Å².